The Kier molecular flexibility index (Phi) is 7.87. The fourth-order valence-corrected chi connectivity index (χ4v) is 3.28. The smallest absolute Gasteiger partial charge is 0.231 e. The second kappa shape index (κ2) is 9.90. The highest BCUT2D eigenvalue weighted by Crippen LogP contribution is 2.37. The number of nitrogens with one attached hydrogen (secondary N) is 1. The van der Waals surface area contributed by atoms with Gasteiger partial charge in [-0.15, -0.1) is 12.4 Å². The molecular weight excluding hydrogens is 422 g/mol. The van der Waals surface area contributed by atoms with Gasteiger partial charge in [0, 0.05) is 13.1 Å². The van der Waals surface area contributed by atoms with E-state index >= 15 is 0 Å². The second-order valence-corrected chi connectivity index (χ2v) is 6.42. The average molecular weight is 445 g/mol. The van der Waals surface area contributed by atoms with Crippen molar-refractivity contribution in [2.75, 3.05) is 20.0 Å². The molecular formula is C19H23BrClNO4. The van der Waals surface area contributed by atoms with E-state index in [0.29, 0.717) is 20.0 Å². The summed E-state index contributed by atoms with van der Waals surface area (Å²) < 4.78 is 23.0. The van der Waals surface area contributed by atoms with Crippen LogP contribution in [0.15, 0.2) is 34.8 Å². The first-order valence-electron chi connectivity index (χ1n) is 8.38. The summed E-state index contributed by atoms with van der Waals surface area (Å²) in [5, 5.41) is 3.44. The molecule has 0 bridgehead atoms. The predicted octanol–water partition coefficient (Wildman–Crippen LogP) is 4.69. The lowest BCUT2D eigenvalue weighted by atomic mass is 10.1. The fraction of sp³-hybridized carbons (Fsp3) is 0.368. The Morgan fingerprint density at radius 1 is 0.962 bits per heavy atom. The predicted molar refractivity (Wildman–Crippen MR) is 107 cm³/mol. The largest absolute Gasteiger partial charge is 0.490 e. The van der Waals surface area contributed by atoms with Crippen molar-refractivity contribution in [3.05, 3.63) is 45.9 Å². The van der Waals surface area contributed by atoms with Gasteiger partial charge in [0.15, 0.2) is 23.0 Å². The van der Waals surface area contributed by atoms with Crippen LogP contribution in [0.3, 0.4) is 0 Å². The van der Waals surface area contributed by atoms with E-state index in [1.165, 1.54) is 0 Å². The van der Waals surface area contributed by atoms with Crippen molar-refractivity contribution >= 4 is 28.3 Å². The monoisotopic (exact) mass is 443 g/mol. The fourth-order valence-electron chi connectivity index (χ4n) is 2.67. The maximum Gasteiger partial charge on any atom is 0.231 e. The summed E-state index contributed by atoms with van der Waals surface area (Å²) in [5.74, 6) is 3.13. The van der Waals surface area contributed by atoms with E-state index in [1.54, 1.807) is 0 Å². The number of hydrogen-bond acceptors (Lipinski definition) is 5. The lowest BCUT2D eigenvalue weighted by Gasteiger charge is -2.15. The number of ether oxygens (including phenoxy) is 4. The van der Waals surface area contributed by atoms with E-state index in [9.17, 15) is 0 Å². The van der Waals surface area contributed by atoms with Gasteiger partial charge in [-0.05, 0) is 65.2 Å². The van der Waals surface area contributed by atoms with Gasteiger partial charge < -0.3 is 24.3 Å². The summed E-state index contributed by atoms with van der Waals surface area (Å²) in [4.78, 5) is 0. The van der Waals surface area contributed by atoms with Crippen LogP contribution in [-0.2, 0) is 13.1 Å². The first-order chi connectivity index (χ1) is 12.2. The van der Waals surface area contributed by atoms with E-state index in [-0.39, 0.29) is 12.4 Å². The van der Waals surface area contributed by atoms with Crippen molar-refractivity contribution in [2.45, 2.75) is 26.9 Å². The normalized spacial score (nSPS) is 11.8. The Morgan fingerprint density at radius 2 is 1.69 bits per heavy atom. The zero-order chi connectivity index (χ0) is 17.6. The molecule has 7 heteroatoms. The number of halogens is 2. The van der Waals surface area contributed by atoms with Gasteiger partial charge in [0.25, 0.3) is 0 Å². The Bertz CT molecular complexity index is 742. The molecule has 1 heterocycles. The summed E-state index contributed by atoms with van der Waals surface area (Å²) in [5.41, 5.74) is 2.28. The molecule has 0 aliphatic carbocycles. The van der Waals surface area contributed by atoms with Crippen LogP contribution in [-0.4, -0.2) is 20.0 Å². The minimum atomic E-state index is 0. The van der Waals surface area contributed by atoms with Crippen molar-refractivity contribution in [3.8, 4) is 23.0 Å². The molecule has 2 aromatic rings. The third kappa shape index (κ3) is 4.96. The quantitative estimate of drug-likeness (QED) is 0.640. The summed E-state index contributed by atoms with van der Waals surface area (Å²) in [6.07, 6.45) is 0. The van der Waals surface area contributed by atoms with Crippen LogP contribution < -0.4 is 24.3 Å². The molecule has 2 aromatic carbocycles. The standard InChI is InChI=1S/C19H22BrNO4.ClH/c1-3-22-18-9-14(7-15(20)19(18)23-4-2)11-21-10-13-5-6-16-17(8-13)25-12-24-16;/h5-9,21H,3-4,10-12H2,1-2H3;1H. The van der Waals surface area contributed by atoms with Crippen LogP contribution >= 0.6 is 28.3 Å². The van der Waals surface area contributed by atoms with Gasteiger partial charge in [-0.3, -0.25) is 0 Å². The van der Waals surface area contributed by atoms with Crippen molar-refractivity contribution in [1.82, 2.24) is 5.32 Å². The first kappa shape index (κ1) is 20.7. The molecule has 0 saturated heterocycles. The molecule has 1 aliphatic heterocycles. The van der Waals surface area contributed by atoms with Gasteiger partial charge in [-0.1, -0.05) is 6.07 Å². The van der Waals surface area contributed by atoms with Gasteiger partial charge in [0.2, 0.25) is 6.79 Å². The first-order valence-corrected chi connectivity index (χ1v) is 9.17. The highest BCUT2D eigenvalue weighted by molar-refractivity contribution is 9.10. The maximum atomic E-state index is 5.71. The van der Waals surface area contributed by atoms with Gasteiger partial charge in [0.05, 0.1) is 17.7 Å². The van der Waals surface area contributed by atoms with E-state index < -0.39 is 0 Å². The molecule has 3 rings (SSSR count). The molecule has 0 fully saturated rings. The van der Waals surface area contributed by atoms with Crippen LogP contribution in [0.25, 0.3) is 0 Å². The number of benzene rings is 2. The van der Waals surface area contributed by atoms with E-state index in [0.717, 1.165) is 51.7 Å². The minimum absolute atomic E-state index is 0. The Morgan fingerprint density at radius 3 is 2.46 bits per heavy atom. The molecule has 5 nitrogen and oxygen atoms in total. The van der Waals surface area contributed by atoms with E-state index in [4.69, 9.17) is 18.9 Å². The summed E-state index contributed by atoms with van der Waals surface area (Å²) in [7, 11) is 0. The van der Waals surface area contributed by atoms with Crippen LogP contribution in [0.5, 0.6) is 23.0 Å². The lowest BCUT2D eigenvalue weighted by molar-refractivity contribution is 0.174. The molecule has 0 saturated carbocycles. The van der Waals surface area contributed by atoms with Crippen molar-refractivity contribution in [3.63, 3.8) is 0 Å². The zero-order valence-corrected chi connectivity index (χ0v) is 17.2. The molecule has 1 aliphatic rings. The maximum absolute atomic E-state index is 5.71. The summed E-state index contributed by atoms with van der Waals surface area (Å²) in [6.45, 7) is 6.88. The molecule has 0 radical (unpaired) electrons. The van der Waals surface area contributed by atoms with Crippen molar-refractivity contribution in [2.24, 2.45) is 0 Å². The second-order valence-electron chi connectivity index (χ2n) is 5.56. The lowest BCUT2D eigenvalue weighted by Crippen LogP contribution is -2.13. The topological polar surface area (TPSA) is 49.0 Å². The van der Waals surface area contributed by atoms with Gasteiger partial charge >= 0.3 is 0 Å². The zero-order valence-electron chi connectivity index (χ0n) is 14.8. The molecule has 0 atom stereocenters. The summed E-state index contributed by atoms with van der Waals surface area (Å²) in [6, 6.07) is 10.1. The SMILES string of the molecule is CCOc1cc(CNCc2ccc3c(c2)OCO3)cc(Br)c1OCC.Cl. The van der Waals surface area contributed by atoms with E-state index in [2.05, 4.69) is 27.3 Å². The van der Waals surface area contributed by atoms with E-state index in [1.807, 2.05) is 38.1 Å². The van der Waals surface area contributed by atoms with Crippen LogP contribution in [0, 0.1) is 0 Å². The minimum Gasteiger partial charge on any atom is -0.490 e. The summed E-state index contributed by atoms with van der Waals surface area (Å²) >= 11 is 3.58. The Balaban J connectivity index is 0.00000243. The number of fused-ring (bicyclic) bond motifs is 1. The average Bonchev–Trinajstić information content (AvgIpc) is 3.06. The highest BCUT2D eigenvalue weighted by Gasteiger charge is 2.14. The van der Waals surface area contributed by atoms with Gasteiger partial charge in [-0.2, -0.15) is 0 Å². The Labute approximate surface area is 168 Å². The number of rotatable bonds is 8. The molecule has 0 unspecified atom stereocenters. The number of hydrogen-bond donors (Lipinski definition) is 1. The van der Waals surface area contributed by atoms with Gasteiger partial charge in [-0.25, -0.2) is 0 Å². The van der Waals surface area contributed by atoms with Crippen LogP contribution in [0.1, 0.15) is 25.0 Å². The van der Waals surface area contributed by atoms with Crippen molar-refractivity contribution in [1.29, 1.82) is 0 Å². The molecule has 26 heavy (non-hydrogen) atoms. The van der Waals surface area contributed by atoms with Crippen molar-refractivity contribution < 1.29 is 18.9 Å². The highest BCUT2D eigenvalue weighted by atomic mass is 79.9. The van der Waals surface area contributed by atoms with Gasteiger partial charge in [0.1, 0.15) is 0 Å². The molecule has 142 valence electrons. The third-order valence-electron chi connectivity index (χ3n) is 3.75. The van der Waals surface area contributed by atoms with Crippen LogP contribution in [0.4, 0.5) is 0 Å². The van der Waals surface area contributed by atoms with Crippen LogP contribution in [0.2, 0.25) is 0 Å². The third-order valence-corrected chi connectivity index (χ3v) is 4.34. The Hall–Kier alpha value is -1.63. The molecule has 1 N–H and O–H groups in total. The molecule has 0 amide bonds. The molecule has 0 spiro atoms. The molecule has 0 aromatic heterocycles.